The van der Waals surface area contributed by atoms with Gasteiger partial charge in [-0.2, -0.15) is 5.06 Å². The number of halogens is 1. The molecule has 0 saturated carbocycles. The van der Waals surface area contributed by atoms with E-state index in [1.54, 1.807) is 62.3 Å². The fourth-order valence-corrected chi connectivity index (χ4v) is 5.99. The number of aliphatic carboxylic acids is 1. The molecule has 94 heavy (non-hydrogen) atoms. The molecule has 2 aliphatic heterocycles. The highest BCUT2D eigenvalue weighted by Gasteiger charge is 2.33. The lowest BCUT2D eigenvalue weighted by molar-refractivity contribution is -0.197. The molecule has 34 nitrogen and oxygen atoms in total. The first-order chi connectivity index (χ1) is 43.1. The van der Waals surface area contributed by atoms with Crippen molar-refractivity contribution in [2.45, 2.75) is 195 Å². The molecule has 0 radical (unpaired) electrons. The topological polar surface area (TPSA) is 511 Å². The number of carboxylic acid groups (broad SMARTS) is 1. The highest BCUT2D eigenvalue weighted by Crippen LogP contribution is 2.14. The number of aliphatic imine (C=N–C) groups is 2. The fraction of sp³-hybridized carbons (Fsp3) is 0.712. The standard InChI is InChI=1S/C17H24N2O8.C15H27N3O5.C13H21NO6.C8H17N3.C4H5NO3.C2H8N2.ClH/c1-17(2,3)26-15(24)9-5-12(21)18-10-11(20)4-8-16(25)27-19-13(22)6-7-14(19)23;1-15(2,3)23-14(22)7-6-13(21)18-10-11(19)4-5-12(20)17-9-8-16;1-13(2,3)20-12(19)7-5-10(16)14-8-9(15)4-6-11(17)18;1-4-9-8-10-6-5-7-11(2)3;6-3-1-2-4(7)5(3)8;3-1-2-4;/h4-10H2,1-3H3,(H,18,21);4-10,16H2,1-3H3,(H,17,20)(H,18,21);4-8H2,1-3H3,(H,14,16)(H,17,18);4-7H2,1-3H3;8H,1-2H2;1-4H2;1H. The predicted molar refractivity (Wildman–Crippen MR) is 341 cm³/mol. The molecule has 0 aromatic rings. The van der Waals surface area contributed by atoms with E-state index in [1.807, 2.05) is 6.92 Å². The summed E-state index contributed by atoms with van der Waals surface area (Å²) in [5, 5.41) is 27.0. The van der Waals surface area contributed by atoms with Crippen molar-refractivity contribution in [3.05, 3.63) is 0 Å². The van der Waals surface area contributed by atoms with Crippen LogP contribution in [0.5, 0.6) is 0 Å². The van der Waals surface area contributed by atoms with Gasteiger partial charge in [0.15, 0.2) is 17.3 Å². The lowest BCUT2D eigenvalue weighted by atomic mass is 10.2. The number of carboxylic acids is 1. The zero-order valence-electron chi connectivity index (χ0n) is 56.5. The lowest BCUT2D eigenvalue weighted by Crippen LogP contribution is -2.33. The van der Waals surface area contributed by atoms with Gasteiger partial charge in [-0.1, -0.05) is 0 Å². The summed E-state index contributed by atoms with van der Waals surface area (Å²) in [6, 6.07) is 2.64. The molecule has 35 heteroatoms. The molecule has 12 N–H and O–H groups in total. The number of amides is 8. The summed E-state index contributed by atoms with van der Waals surface area (Å²) < 4.78 is 15.2. The number of Topliss-reactive ketones (excluding diaryl/α,β-unsaturated/α-hetero) is 3. The Balaban J connectivity index is -0.000000361. The summed E-state index contributed by atoms with van der Waals surface area (Å²) in [5.41, 5.74) is 13.2. The Morgan fingerprint density at radius 1 is 0.500 bits per heavy atom. The van der Waals surface area contributed by atoms with Crippen molar-refractivity contribution in [2.75, 3.05) is 79.5 Å². The minimum absolute atomic E-state index is 0. The number of rotatable bonds is 33. The third-order valence-corrected chi connectivity index (χ3v) is 10.3. The molecule has 2 saturated heterocycles. The van der Waals surface area contributed by atoms with Crippen molar-refractivity contribution in [2.24, 2.45) is 27.2 Å². The number of nitrogens with two attached hydrogens (primary N) is 3. The van der Waals surface area contributed by atoms with Crippen LogP contribution in [-0.2, 0) is 95.8 Å². The minimum atomic E-state index is -1.06. The number of hydrogen-bond donors (Lipinski definition) is 9. The maximum absolute atomic E-state index is 11.7. The summed E-state index contributed by atoms with van der Waals surface area (Å²) in [7, 11) is 4.12. The summed E-state index contributed by atoms with van der Waals surface area (Å²) in [5.74, 6) is -8.26. The molecule has 2 fully saturated rings. The highest BCUT2D eigenvalue weighted by molar-refractivity contribution is 6.02. The van der Waals surface area contributed by atoms with Gasteiger partial charge in [0, 0.05) is 103 Å². The largest absolute Gasteiger partial charge is 0.481 e. The first kappa shape index (κ1) is 94.7. The molecule has 2 aliphatic rings. The van der Waals surface area contributed by atoms with Crippen LogP contribution in [0.2, 0.25) is 0 Å². The number of carbonyl (C=O) groups is 16. The molecule has 0 spiro atoms. The Morgan fingerprint density at radius 3 is 1.14 bits per heavy atom. The molecular weight excluding hydrogens is 1260 g/mol. The maximum Gasteiger partial charge on any atom is 0.333 e. The Hall–Kier alpha value is -8.01. The first-order valence-corrected chi connectivity index (χ1v) is 30.0. The zero-order valence-corrected chi connectivity index (χ0v) is 57.3. The van der Waals surface area contributed by atoms with Crippen LogP contribution in [0.4, 0.5) is 0 Å². The average Bonchev–Trinajstić information content (AvgIpc) is 1.80. The van der Waals surface area contributed by atoms with Crippen molar-refractivity contribution in [3.63, 3.8) is 0 Å². The molecule has 0 aromatic heterocycles. The van der Waals surface area contributed by atoms with E-state index in [1.165, 1.54) is 0 Å². The Morgan fingerprint density at radius 2 is 0.830 bits per heavy atom. The molecule has 0 aromatic carbocycles. The molecule has 2 heterocycles. The first-order valence-electron chi connectivity index (χ1n) is 30.0. The highest BCUT2D eigenvalue weighted by atomic mass is 35.5. The number of ketones is 3. The van der Waals surface area contributed by atoms with E-state index < -0.39 is 93.8 Å². The van der Waals surface area contributed by atoms with Gasteiger partial charge in [-0.3, -0.25) is 77.1 Å². The van der Waals surface area contributed by atoms with Gasteiger partial charge in [-0.05, 0) is 96.3 Å². The van der Waals surface area contributed by atoms with Crippen LogP contribution in [0.1, 0.15) is 178 Å². The maximum atomic E-state index is 11.7. The fourth-order valence-electron chi connectivity index (χ4n) is 5.99. The normalized spacial score (nSPS) is 12.1. The number of carbonyl (C=O) groups excluding carboxylic acids is 15. The monoisotopic (exact) mass is 1370 g/mol. The van der Waals surface area contributed by atoms with Gasteiger partial charge >= 0.3 is 29.8 Å². The molecule has 8 amide bonds. The molecular formula is C59H103ClN12O22. The lowest BCUT2D eigenvalue weighted by Gasteiger charge is -2.19. The quantitative estimate of drug-likeness (QED) is 0.0108. The number of nitrogens with one attached hydrogen (secondary N) is 4. The number of hydrogen-bond acceptors (Lipinski definition) is 27. The smallest absolute Gasteiger partial charge is 0.333 e. The van der Waals surface area contributed by atoms with Crippen molar-refractivity contribution < 1.29 is 106 Å². The van der Waals surface area contributed by atoms with Gasteiger partial charge in [-0.15, -0.1) is 17.5 Å². The second kappa shape index (κ2) is 54.4. The minimum Gasteiger partial charge on any atom is -0.481 e. The molecule has 0 atom stereocenters. The molecule has 0 aliphatic carbocycles. The average molecular weight is 1370 g/mol. The molecule has 0 unspecified atom stereocenters. The Kier molecular flexibility index (Phi) is 54.8. The third kappa shape index (κ3) is 64.1. The summed E-state index contributed by atoms with van der Waals surface area (Å²) >= 11 is 0. The number of imide groups is 2. The van der Waals surface area contributed by atoms with Crippen LogP contribution >= 0.6 is 12.4 Å². The van der Waals surface area contributed by atoms with E-state index in [0.29, 0.717) is 31.2 Å². The second-order valence-electron chi connectivity index (χ2n) is 23.1. The SMILES string of the molecule is CC(C)(C)OC(=O)CCC(=O)NCC(=O)CCC(=O)NCCN.CC(C)(C)OC(=O)CCC(=O)NCC(=O)CCC(=O)O.CC(C)(C)OC(=O)CCC(=O)NCC(=O)CCC(=O)ON1C(=O)CCC1=O.CCN=C=NCCCN(C)C.Cl.NCCN.O=C1CCC(=O)N1O. The molecule has 2 rings (SSSR count). The van der Waals surface area contributed by atoms with Crippen LogP contribution in [0, 0.1) is 0 Å². The van der Waals surface area contributed by atoms with E-state index in [0.717, 1.165) is 26.1 Å². The van der Waals surface area contributed by atoms with E-state index in [-0.39, 0.29) is 157 Å². The Labute approximate surface area is 555 Å². The van der Waals surface area contributed by atoms with Crippen molar-refractivity contribution >= 4 is 113 Å². The van der Waals surface area contributed by atoms with Gasteiger partial charge in [0.2, 0.25) is 23.6 Å². The van der Waals surface area contributed by atoms with Crippen LogP contribution < -0.4 is 38.5 Å². The van der Waals surface area contributed by atoms with E-state index in [9.17, 15) is 76.7 Å². The van der Waals surface area contributed by atoms with Gasteiger partial charge in [0.05, 0.1) is 64.3 Å². The van der Waals surface area contributed by atoms with Gasteiger partial charge in [0.1, 0.15) is 16.8 Å². The van der Waals surface area contributed by atoms with Gasteiger partial charge in [-0.25, -0.2) is 14.8 Å². The summed E-state index contributed by atoms with van der Waals surface area (Å²) in [6.45, 7) is 21.4. The van der Waals surface area contributed by atoms with E-state index in [4.69, 9.17) is 41.7 Å². The second-order valence-corrected chi connectivity index (χ2v) is 23.1. The Bertz CT molecular complexity index is 2470. The number of nitrogens with zero attached hydrogens (tertiary/aromatic N) is 5. The van der Waals surface area contributed by atoms with Crippen molar-refractivity contribution in [3.8, 4) is 0 Å². The van der Waals surface area contributed by atoms with Crippen LogP contribution in [0.25, 0.3) is 0 Å². The van der Waals surface area contributed by atoms with Crippen molar-refractivity contribution in [1.82, 2.24) is 36.3 Å². The van der Waals surface area contributed by atoms with Gasteiger partial charge in [0.25, 0.3) is 23.6 Å². The number of hydroxylamine groups is 4. The number of esters is 3. The van der Waals surface area contributed by atoms with Crippen LogP contribution in [0.15, 0.2) is 9.98 Å². The summed E-state index contributed by atoms with van der Waals surface area (Å²) in [6.07, 6.45) is 0.0792. The van der Waals surface area contributed by atoms with Crippen molar-refractivity contribution in [1.29, 1.82) is 0 Å². The molecule has 0 bridgehead atoms. The zero-order chi connectivity index (χ0) is 72.3. The summed E-state index contributed by atoms with van der Waals surface area (Å²) in [4.78, 5) is 194. The third-order valence-electron chi connectivity index (χ3n) is 10.3. The van der Waals surface area contributed by atoms with Gasteiger partial charge < -0.3 is 67.5 Å². The van der Waals surface area contributed by atoms with Crippen LogP contribution in [0.3, 0.4) is 0 Å². The molecule has 538 valence electrons. The number of ether oxygens (including phenoxy) is 3. The van der Waals surface area contributed by atoms with Crippen LogP contribution in [-0.4, -0.2) is 222 Å². The van der Waals surface area contributed by atoms with E-state index in [2.05, 4.69) is 61.1 Å². The van der Waals surface area contributed by atoms with E-state index >= 15 is 0 Å². The predicted octanol–water partition coefficient (Wildman–Crippen LogP) is 0.470.